The lowest BCUT2D eigenvalue weighted by molar-refractivity contribution is -0.192. The lowest BCUT2D eigenvalue weighted by Gasteiger charge is -2.30. The fourth-order valence-electron chi connectivity index (χ4n) is 4.28. The first-order chi connectivity index (χ1) is 17.4. The van der Waals surface area contributed by atoms with E-state index in [0.29, 0.717) is 24.5 Å². The van der Waals surface area contributed by atoms with E-state index in [9.17, 15) is 26.4 Å². The number of piperazine rings is 1. The second kappa shape index (κ2) is 14.6. The Morgan fingerprint density at radius 2 is 1.62 bits per heavy atom. The SMILES string of the molecule is Cc1ccccc1S(=O)(=O)N(CCCN1CCCCC1)CCC(=O)N1CCNCC1.O=C(O)C(F)(F)F. The number of alkyl halides is 3. The maximum Gasteiger partial charge on any atom is 0.490 e. The molecule has 1 amide bonds. The molecule has 1 aromatic rings. The highest BCUT2D eigenvalue weighted by atomic mass is 32.2. The molecule has 0 spiro atoms. The molecule has 0 atom stereocenters. The van der Waals surface area contributed by atoms with Crippen molar-refractivity contribution in [1.29, 1.82) is 0 Å². The number of sulfonamides is 1. The summed E-state index contributed by atoms with van der Waals surface area (Å²) in [5.41, 5.74) is 0.743. The van der Waals surface area contributed by atoms with Gasteiger partial charge in [0.2, 0.25) is 15.9 Å². The Balaban J connectivity index is 0.000000604. The van der Waals surface area contributed by atoms with E-state index in [1.54, 1.807) is 12.1 Å². The second-order valence-corrected chi connectivity index (χ2v) is 11.0. The molecule has 37 heavy (non-hydrogen) atoms. The van der Waals surface area contributed by atoms with Gasteiger partial charge in [-0.25, -0.2) is 13.2 Å². The zero-order valence-electron chi connectivity index (χ0n) is 21.2. The van der Waals surface area contributed by atoms with Crippen LogP contribution >= 0.6 is 0 Å². The summed E-state index contributed by atoms with van der Waals surface area (Å²) in [5, 5.41) is 10.4. The summed E-state index contributed by atoms with van der Waals surface area (Å²) in [6, 6.07) is 7.10. The first-order valence-electron chi connectivity index (χ1n) is 12.5. The smallest absolute Gasteiger partial charge is 0.475 e. The predicted octanol–water partition coefficient (Wildman–Crippen LogP) is 2.32. The Morgan fingerprint density at radius 3 is 2.19 bits per heavy atom. The zero-order valence-corrected chi connectivity index (χ0v) is 22.0. The number of aliphatic carboxylic acids is 1. The number of nitrogens with zero attached hydrogens (tertiary/aromatic N) is 3. The number of hydrogen-bond donors (Lipinski definition) is 2. The zero-order chi connectivity index (χ0) is 27.5. The maximum atomic E-state index is 13.4. The molecular formula is C24H37F3N4O5S. The molecule has 0 radical (unpaired) electrons. The molecule has 0 bridgehead atoms. The van der Waals surface area contributed by atoms with Crippen LogP contribution in [-0.2, 0) is 19.6 Å². The van der Waals surface area contributed by atoms with Gasteiger partial charge < -0.3 is 20.2 Å². The van der Waals surface area contributed by atoms with Gasteiger partial charge in [-0.2, -0.15) is 17.5 Å². The Morgan fingerprint density at radius 1 is 1.03 bits per heavy atom. The van der Waals surface area contributed by atoms with Crippen molar-refractivity contribution in [2.24, 2.45) is 0 Å². The minimum absolute atomic E-state index is 0.0394. The third kappa shape index (κ3) is 10.2. The van der Waals surface area contributed by atoms with Crippen molar-refractivity contribution in [1.82, 2.24) is 19.4 Å². The predicted molar refractivity (Wildman–Crippen MR) is 133 cm³/mol. The molecule has 2 aliphatic heterocycles. The van der Waals surface area contributed by atoms with E-state index in [1.807, 2.05) is 24.0 Å². The molecule has 3 rings (SSSR count). The normalized spacial score (nSPS) is 17.3. The fraction of sp³-hybridized carbons (Fsp3) is 0.667. The van der Waals surface area contributed by atoms with Crippen LogP contribution in [0.4, 0.5) is 13.2 Å². The Kier molecular flexibility index (Phi) is 12.3. The van der Waals surface area contributed by atoms with Crippen LogP contribution in [0.25, 0.3) is 0 Å². The van der Waals surface area contributed by atoms with Crippen LogP contribution in [0.1, 0.15) is 37.7 Å². The summed E-state index contributed by atoms with van der Waals surface area (Å²) in [6.07, 6.45) is -0.324. The van der Waals surface area contributed by atoms with Crippen molar-refractivity contribution in [2.45, 2.75) is 50.1 Å². The Bertz CT molecular complexity index is 979. The number of amides is 1. The van der Waals surface area contributed by atoms with E-state index in [4.69, 9.17) is 9.90 Å². The second-order valence-electron chi connectivity index (χ2n) is 9.11. The number of benzene rings is 1. The molecule has 9 nitrogen and oxygen atoms in total. The van der Waals surface area contributed by atoms with Gasteiger partial charge in [0, 0.05) is 45.7 Å². The number of carboxylic acids is 1. The van der Waals surface area contributed by atoms with Gasteiger partial charge in [-0.05, 0) is 57.5 Å². The minimum atomic E-state index is -5.08. The molecule has 2 saturated heterocycles. The van der Waals surface area contributed by atoms with Crippen LogP contribution in [0, 0.1) is 6.92 Å². The number of halogens is 3. The van der Waals surface area contributed by atoms with Crippen molar-refractivity contribution in [2.75, 3.05) is 58.9 Å². The lowest BCUT2D eigenvalue weighted by atomic mass is 10.1. The van der Waals surface area contributed by atoms with Gasteiger partial charge in [0.1, 0.15) is 0 Å². The van der Waals surface area contributed by atoms with E-state index in [2.05, 4.69) is 10.2 Å². The van der Waals surface area contributed by atoms with Crippen LogP contribution < -0.4 is 5.32 Å². The van der Waals surface area contributed by atoms with Gasteiger partial charge in [0.25, 0.3) is 0 Å². The van der Waals surface area contributed by atoms with E-state index in [1.165, 1.54) is 23.6 Å². The first-order valence-corrected chi connectivity index (χ1v) is 13.9. The fourth-order valence-corrected chi connectivity index (χ4v) is 5.99. The van der Waals surface area contributed by atoms with Gasteiger partial charge in [-0.3, -0.25) is 4.79 Å². The van der Waals surface area contributed by atoms with E-state index < -0.39 is 22.2 Å². The summed E-state index contributed by atoms with van der Waals surface area (Å²) < 4.78 is 60.1. The number of nitrogens with one attached hydrogen (secondary N) is 1. The third-order valence-electron chi connectivity index (χ3n) is 6.33. The van der Waals surface area contributed by atoms with Crippen molar-refractivity contribution in [3.63, 3.8) is 0 Å². The van der Waals surface area contributed by atoms with Crippen LogP contribution in [0.15, 0.2) is 29.2 Å². The highest BCUT2D eigenvalue weighted by molar-refractivity contribution is 7.89. The molecule has 2 fully saturated rings. The van der Waals surface area contributed by atoms with Crippen molar-refractivity contribution in [3.8, 4) is 0 Å². The monoisotopic (exact) mass is 550 g/mol. The third-order valence-corrected chi connectivity index (χ3v) is 8.39. The van der Waals surface area contributed by atoms with Gasteiger partial charge >= 0.3 is 12.1 Å². The van der Waals surface area contributed by atoms with Crippen LogP contribution in [0.2, 0.25) is 0 Å². The highest BCUT2D eigenvalue weighted by Crippen LogP contribution is 2.21. The van der Waals surface area contributed by atoms with E-state index in [-0.39, 0.29) is 18.9 Å². The summed E-state index contributed by atoms with van der Waals surface area (Å²) in [5.74, 6) is -2.72. The molecular weight excluding hydrogens is 513 g/mol. The Labute approximate surface area is 216 Å². The first kappa shape index (κ1) is 31.0. The van der Waals surface area contributed by atoms with Crippen LogP contribution in [0.5, 0.6) is 0 Å². The topological polar surface area (TPSA) is 110 Å². The van der Waals surface area contributed by atoms with Crippen LogP contribution in [0.3, 0.4) is 0 Å². The minimum Gasteiger partial charge on any atom is -0.475 e. The van der Waals surface area contributed by atoms with Gasteiger partial charge in [0.05, 0.1) is 4.90 Å². The molecule has 13 heteroatoms. The standard InChI is InChI=1S/C22H36N4O3S.C2HF3O2/c1-20-8-3-4-9-21(20)30(28,29)26(16-7-15-24-13-5-2-6-14-24)17-10-22(27)25-18-11-23-12-19-25;3-2(4,5)1(6)7/h3-4,8-9,23H,2,5-7,10-19H2,1H3;(H,6,7). The molecule has 0 aliphatic carbocycles. The number of carboxylic acid groups (broad SMARTS) is 1. The summed E-state index contributed by atoms with van der Waals surface area (Å²) >= 11 is 0. The highest BCUT2D eigenvalue weighted by Gasteiger charge is 2.38. The van der Waals surface area contributed by atoms with Gasteiger partial charge in [-0.1, -0.05) is 24.6 Å². The molecule has 1 aromatic carbocycles. The number of piperidine rings is 1. The van der Waals surface area contributed by atoms with Crippen molar-refractivity contribution >= 4 is 21.9 Å². The number of hydrogen-bond acceptors (Lipinski definition) is 6. The number of carbonyl (C=O) groups excluding carboxylic acids is 1. The number of aryl methyl sites for hydroxylation is 1. The van der Waals surface area contributed by atoms with Crippen LogP contribution in [-0.4, -0.2) is 105 Å². The molecule has 2 N–H and O–H groups in total. The average molecular weight is 551 g/mol. The van der Waals surface area contributed by atoms with Gasteiger partial charge in [-0.15, -0.1) is 0 Å². The Hall–Kier alpha value is -2.22. The molecule has 210 valence electrons. The lowest BCUT2D eigenvalue weighted by Crippen LogP contribution is -2.47. The molecule has 0 saturated carbocycles. The number of carbonyl (C=O) groups is 2. The van der Waals surface area contributed by atoms with Crippen molar-refractivity contribution < 1.29 is 36.3 Å². The average Bonchev–Trinajstić information content (AvgIpc) is 2.87. The van der Waals surface area contributed by atoms with Crippen molar-refractivity contribution in [3.05, 3.63) is 29.8 Å². The molecule has 2 aliphatic rings. The summed E-state index contributed by atoms with van der Waals surface area (Å²) in [6.45, 7) is 8.60. The molecule has 0 aromatic heterocycles. The molecule has 2 heterocycles. The van der Waals surface area contributed by atoms with E-state index >= 15 is 0 Å². The maximum absolute atomic E-state index is 13.4. The summed E-state index contributed by atoms with van der Waals surface area (Å²) in [4.78, 5) is 26.1. The van der Waals surface area contributed by atoms with Gasteiger partial charge in [0.15, 0.2) is 0 Å². The molecule has 0 unspecified atom stereocenters. The number of likely N-dealkylation sites (tertiary alicyclic amines) is 1. The largest absolute Gasteiger partial charge is 0.490 e. The quantitative estimate of drug-likeness (QED) is 0.486. The number of rotatable bonds is 9. The summed E-state index contributed by atoms with van der Waals surface area (Å²) in [7, 11) is -3.63. The van der Waals surface area contributed by atoms with E-state index in [0.717, 1.165) is 44.7 Å².